The molecule has 0 atom stereocenters. The summed E-state index contributed by atoms with van der Waals surface area (Å²) in [5, 5.41) is 7.68. The number of aryl methyl sites for hydroxylation is 2. The number of hydrogen-bond donors (Lipinski definition) is 2. The largest absolute Gasteiger partial charge is 0.437 e. The van der Waals surface area contributed by atoms with Gasteiger partial charge in [0.15, 0.2) is 0 Å². The van der Waals surface area contributed by atoms with Gasteiger partial charge in [0.05, 0.1) is 0 Å². The molecule has 19 heavy (non-hydrogen) atoms. The first-order valence-corrected chi connectivity index (χ1v) is 6.11. The SMILES string of the molecule is Cc1ccc(Oc2nccc(C(=N)N)c2Cl)c(C)c1. The molecule has 0 radical (unpaired) electrons. The Morgan fingerprint density at radius 1 is 1.32 bits per heavy atom. The standard InChI is InChI=1S/C14H14ClN3O/c1-8-3-4-11(9(2)7-8)19-14-12(15)10(13(16)17)5-6-18-14/h3-7H,1-2H3,(H3,16,17). The summed E-state index contributed by atoms with van der Waals surface area (Å²) < 4.78 is 5.69. The van der Waals surface area contributed by atoms with Gasteiger partial charge in [-0.05, 0) is 31.5 Å². The Morgan fingerprint density at radius 3 is 2.68 bits per heavy atom. The van der Waals surface area contributed by atoms with Crippen molar-refractivity contribution in [2.75, 3.05) is 0 Å². The lowest BCUT2D eigenvalue weighted by molar-refractivity contribution is 0.459. The van der Waals surface area contributed by atoms with Crippen molar-refractivity contribution in [1.82, 2.24) is 4.98 Å². The molecule has 0 spiro atoms. The number of aromatic nitrogens is 1. The van der Waals surface area contributed by atoms with Gasteiger partial charge in [0.25, 0.3) is 0 Å². The molecule has 5 heteroatoms. The molecule has 1 aromatic heterocycles. The second-order valence-corrected chi connectivity index (χ2v) is 4.64. The summed E-state index contributed by atoms with van der Waals surface area (Å²) in [6.45, 7) is 3.96. The minimum atomic E-state index is -0.113. The van der Waals surface area contributed by atoms with Gasteiger partial charge in [0, 0.05) is 11.8 Å². The van der Waals surface area contributed by atoms with Crippen LogP contribution < -0.4 is 10.5 Å². The number of amidine groups is 1. The summed E-state index contributed by atoms with van der Waals surface area (Å²) >= 11 is 6.13. The molecule has 0 unspecified atom stereocenters. The van der Waals surface area contributed by atoms with E-state index in [9.17, 15) is 0 Å². The summed E-state index contributed by atoms with van der Waals surface area (Å²) in [5.41, 5.74) is 8.00. The molecule has 1 heterocycles. The number of ether oxygens (including phenoxy) is 1. The average Bonchev–Trinajstić information content (AvgIpc) is 2.34. The first-order valence-electron chi connectivity index (χ1n) is 5.73. The smallest absolute Gasteiger partial charge is 0.238 e. The van der Waals surface area contributed by atoms with Crippen molar-refractivity contribution >= 4 is 17.4 Å². The number of pyridine rings is 1. The zero-order valence-corrected chi connectivity index (χ0v) is 11.5. The lowest BCUT2D eigenvalue weighted by atomic mass is 10.1. The van der Waals surface area contributed by atoms with E-state index in [1.165, 1.54) is 6.20 Å². The van der Waals surface area contributed by atoms with Crippen molar-refractivity contribution in [2.24, 2.45) is 5.73 Å². The highest BCUT2D eigenvalue weighted by Crippen LogP contribution is 2.31. The Hall–Kier alpha value is -2.07. The van der Waals surface area contributed by atoms with Crippen LogP contribution >= 0.6 is 11.6 Å². The van der Waals surface area contributed by atoms with E-state index in [0.29, 0.717) is 11.3 Å². The summed E-state index contributed by atoms with van der Waals surface area (Å²) in [6, 6.07) is 7.41. The monoisotopic (exact) mass is 275 g/mol. The Bertz CT molecular complexity index is 641. The van der Waals surface area contributed by atoms with Crippen LogP contribution in [0.3, 0.4) is 0 Å². The van der Waals surface area contributed by atoms with Gasteiger partial charge in [-0.15, -0.1) is 0 Å². The lowest BCUT2D eigenvalue weighted by Gasteiger charge is -2.11. The van der Waals surface area contributed by atoms with Crippen LogP contribution in [-0.4, -0.2) is 10.8 Å². The maximum atomic E-state index is 7.43. The molecular weight excluding hydrogens is 262 g/mol. The van der Waals surface area contributed by atoms with Crippen LogP contribution in [0.1, 0.15) is 16.7 Å². The van der Waals surface area contributed by atoms with Crippen molar-refractivity contribution in [3.63, 3.8) is 0 Å². The van der Waals surface area contributed by atoms with E-state index in [1.807, 2.05) is 32.0 Å². The normalized spacial score (nSPS) is 10.3. The summed E-state index contributed by atoms with van der Waals surface area (Å²) in [6.07, 6.45) is 1.52. The predicted octanol–water partition coefficient (Wildman–Crippen LogP) is 3.43. The number of nitrogens with two attached hydrogens (primary N) is 1. The molecule has 0 aliphatic carbocycles. The third-order valence-electron chi connectivity index (χ3n) is 2.68. The molecule has 4 nitrogen and oxygen atoms in total. The third kappa shape index (κ3) is 2.85. The van der Waals surface area contributed by atoms with Crippen molar-refractivity contribution in [3.05, 3.63) is 52.2 Å². The summed E-state index contributed by atoms with van der Waals surface area (Å²) in [7, 11) is 0. The van der Waals surface area contributed by atoms with Gasteiger partial charge in [0.2, 0.25) is 5.88 Å². The second-order valence-electron chi connectivity index (χ2n) is 4.26. The molecule has 3 N–H and O–H groups in total. The molecular formula is C14H14ClN3O. The number of rotatable bonds is 3. The van der Waals surface area contributed by atoms with Crippen LogP contribution in [0, 0.1) is 19.3 Å². The number of benzene rings is 1. The van der Waals surface area contributed by atoms with Crippen molar-refractivity contribution in [1.29, 1.82) is 5.41 Å². The molecule has 0 aliphatic rings. The highest BCUT2D eigenvalue weighted by molar-refractivity contribution is 6.35. The van der Waals surface area contributed by atoms with Crippen LogP contribution in [0.2, 0.25) is 5.02 Å². The molecule has 1 aromatic carbocycles. The van der Waals surface area contributed by atoms with Crippen LogP contribution in [0.15, 0.2) is 30.5 Å². The molecule has 0 bridgehead atoms. The first kappa shape index (κ1) is 13.4. The van der Waals surface area contributed by atoms with Crippen LogP contribution in [0.5, 0.6) is 11.6 Å². The molecule has 2 rings (SSSR count). The Morgan fingerprint density at radius 2 is 2.05 bits per heavy atom. The molecule has 98 valence electrons. The van der Waals surface area contributed by atoms with E-state index in [2.05, 4.69) is 4.98 Å². The van der Waals surface area contributed by atoms with E-state index in [1.54, 1.807) is 6.07 Å². The average molecular weight is 276 g/mol. The second kappa shape index (κ2) is 5.28. The van der Waals surface area contributed by atoms with Crippen molar-refractivity contribution in [2.45, 2.75) is 13.8 Å². The molecule has 0 amide bonds. The van der Waals surface area contributed by atoms with Crippen LogP contribution in [0.4, 0.5) is 0 Å². The van der Waals surface area contributed by atoms with Crippen LogP contribution in [0.25, 0.3) is 0 Å². The zero-order chi connectivity index (χ0) is 14.0. The number of hydrogen-bond acceptors (Lipinski definition) is 3. The highest BCUT2D eigenvalue weighted by atomic mass is 35.5. The predicted molar refractivity (Wildman–Crippen MR) is 76.3 cm³/mol. The number of nitrogen functional groups attached to an aromatic ring is 1. The van der Waals surface area contributed by atoms with E-state index in [4.69, 9.17) is 27.5 Å². The quantitative estimate of drug-likeness (QED) is 0.666. The van der Waals surface area contributed by atoms with Gasteiger partial charge in [0.1, 0.15) is 16.6 Å². The van der Waals surface area contributed by atoms with Gasteiger partial charge in [-0.2, -0.15) is 0 Å². The van der Waals surface area contributed by atoms with E-state index >= 15 is 0 Å². The van der Waals surface area contributed by atoms with Crippen molar-refractivity contribution < 1.29 is 4.74 Å². The molecule has 0 fully saturated rings. The van der Waals surface area contributed by atoms with Crippen LogP contribution in [-0.2, 0) is 0 Å². The Kier molecular flexibility index (Phi) is 3.71. The minimum Gasteiger partial charge on any atom is -0.437 e. The maximum Gasteiger partial charge on any atom is 0.238 e. The highest BCUT2D eigenvalue weighted by Gasteiger charge is 2.12. The minimum absolute atomic E-state index is 0.113. The number of nitrogens with zero attached hydrogens (tertiary/aromatic N) is 1. The van der Waals surface area contributed by atoms with E-state index in [-0.39, 0.29) is 16.7 Å². The van der Waals surface area contributed by atoms with E-state index in [0.717, 1.165) is 11.1 Å². The van der Waals surface area contributed by atoms with Gasteiger partial charge in [-0.25, -0.2) is 4.98 Å². The van der Waals surface area contributed by atoms with E-state index < -0.39 is 0 Å². The number of nitrogens with one attached hydrogen (secondary N) is 1. The zero-order valence-electron chi connectivity index (χ0n) is 10.7. The van der Waals surface area contributed by atoms with Gasteiger partial charge in [-0.3, -0.25) is 5.41 Å². The first-order chi connectivity index (χ1) is 8.99. The molecule has 0 saturated heterocycles. The van der Waals surface area contributed by atoms with Gasteiger partial charge < -0.3 is 10.5 Å². The van der Waals surface area contributed by atoms with Gasteiger partial charge >= 0.3 is 0 Å². The third-order valence-corrected chi connectivity index (χ3v) is 3.05. The number of halogens is 1. The Balaban J connectivity index is 2.38. The van der Waals surface area contributed by atoms with Gasteiger partial charge in [-0.1, -0.05) is 29.3 Å². The lowest BCUT2D eigenvalue weighted by Crippen LogP contribution is -2.12. The molecule has 0 saturated carbocycles. The topological polar surface area (TPSA) is 72.0 Å². The maximum absolute atomic E-state index is 7.43. The fraction of sp³-hybridized carbons (Fsp3) is 0.143. The van der Waals surface area contributed by atoms with Crippen molar-refractivity contribution in [3.8, 4) is 11.6 Å². The Labute approximate surface area is 116 Å². The fourth-order valence-electron chi connectivity index (χ4n) is 1.72. The summed E-state index contributed by atoms with van der Waals surface area (Å²) in [4.78, 5) is 4.07. The fourth-order valence-corrected chi connectivity index (χ4v) is 1.97. The molecule has 0 aliphatic heterocycles. The molecule has 2 aromatic rings. The summed E-state index contributed by atoms with van der Waals surface area (Å²) in [5.74, 6) is 0.819.